The van der Waals surface area contributed by atoms with Crippen LogP contribution in [0.2, 0.25) is 0 Å². The zero-order valence-electron chi connectivity index (χ0n) is 9.45. The summed E-state index contributed by atoms with van der Waals surface area (Å²) in [5.41, 5.74) is 1.13. The Bertz CT molecular complexity index is 317. The van der Waals surface area contributed by atoms with Crippen molar-refractivity contribution in [3.63, 3.8) is 0 Å². The standard InChI is InChI=1S/C11H15O5P/c12-17(13)16-10-15-8-4-7-14-9-11-5-2-1-3-6-11/h1-3,5-6H,4,7-10H2/p+1. The van der Waals surface area contributed by atoms with E-state index in [1.807, 2.05) is 30.3 Å². The molecule has 6 heteroatoms. The Kier molecular flexibility index (Phi) is 7.71. The molecule has 1 aromatic rings. The van der Waals surface area contributed by atoms with Gasteiger partial charge in [-0.25, -0.2) is 0 Å². The van der Waals surface area contributed by atoms with Crippen LogP contribution in [0, 0.1) is 0 Å². The van der Waals surface area contributed by atoms with E-state index in [9.17, 15) is 4.57 Å². The van der Waals surface area contributed by atoms with Crippen molar-refractivity contribution in [1.29, 1.82) is 0 Å². The smallest absolute Gasteiger partial charge is 0.377 e. The van der Waals surface area contributed by atoms with Crippen LogP contribution in [0.15, 0.2) is 30.3 Å². The molecule has 1 N–H and O–H groups in total. The summed E-state index contributed by atoms with van der Waals surface area (Å²) in [7, 11) is -2.56. The van der Waals surface area contributed by atoms with Crippen molar-refractivity contribution in [2.24, 2.45) is 0 Å². The third-order valence-electron chi connectivity index (χ3n) is 1.94. The summed E-state index contributed by atoms with van der Waals surface area (Å²) in [5, 5.41) is 0. The second kappa shape index (κ2) is 9.22. The van der Waals surface area contributed by atoms with E-state index in [2.05, 4.69) is 4.52 Å². The van der Waals surface area contributed by atoms with Crippen LogP contribution in [0.25, 0.3) is 0 Å². The fraction of sp³-hybridized carbons (Fsp3) is 0.455. The summed E-state index contributed by atoms with van der Waals surface area (Å²) < 4.78 is 24.8. The third kappa shape index (κ3) is 7.96. The third-order valence-corrected chi connectivity index (χ3v) is 2.26. The topological polar surface area (TPSA) is 65.0 Å². The molecule has 94 valence electrons. The largest absolute Gasteiger partial charge is 0.697 e. The van der Waals surface area contributed by atoms with Gasteiger partial charge in [0.05, 0.1) is 13.2 Å². The molecule has 0 saturated carbocycles. The molecule has 0 aliphatic rings. The SMILES string of the molecule is O=[P+](O)OCOCCCOCc1ccccc1. The number of hydrogen-bond acceptors (Lipinski definition) is 4. The Labute approximate surface area is 101 Å². The van der Waals surface area contributed by atoms with Crippen LogP contribution in [0.1, 0.15) is 12.0 Å². The summed E-state index contributed by atoms with van der Waals surface area (Å²) in [6.45, 7) is 1.45. The highest BCUT2D eigenvalue weighted by Gasteiger charge is 2.10. The van der Waals surface area contributed by atoms with E-state index < -0.39 is 8.25 Å². The number of hydrogen-bond donors (Lipinski definition) is 1. The summed E-state index contributed by atoms with van der Waals surface area (Å²) in [5.74, 6) is 0. The van der Waals surface area contributed by atoms with E-state index in [0.717, 1.165) is 12.0 Å². The normalized spacial score (nSPS) is 11.5. The maximum Gasteiger partial charge on any atom is 0.697 e. The zero-order valence-corrected chi connectivity index (χ0v) is 10.3. The lowest BCUT2D eigenvalue weighted by Crippen LogP contribution is -2.02. The van der Waals surface area contributed by atoms with Gasteiger partial charge in [0.2, 0.25) is 6.79 Å². The second-order valence-corrected chi connectivity index (χ2v) is 4.02. The lowest BCUT2D eigenvalue weighted by molar-refractivity contribution is 0.00157. The number of benzene rings is 1. The van der Waals surface area contributed by atoms with Crippen molar-refractivity contribution in [1.82, 2.24) is 0 Å². The number of rotatable bonds is 9. The molecular formula is C11H16O5P+. The Hall–Kier alpha value is -0.840. The molecule has 17 heavy (non-hydrogen) atoms. The Morgan fingerprint density at radius 1 is 1.12 bits per heavy atom. The van der Waals surface area contributed by atoms with Gasteiger partial charge < -0.3 is 9.47 Å². The highest BCUT2D eigenvalue weighted by molar-refractivity contribution is 7.32. The quantitative estimate of drug-likeness (QED) is 0.418. The molecule has 0 heterocycles. The monoisotopic (exact) mass is 259 g/mol. The average Bonchev–Trinajstić information content (AvgIpc) is 2.33. The molecule has 0 bridgehead atoms. The van der Waals surface area contributed by atoms with Crippen molar-refractivity contribution in [3.05, 3.63) is 35.9 Å². The van der Waals surface area contributed by atoms with Crippen LogP contribution < -0.4 is 0 Å². The highest BCUT2D eigenvalue weighted by atomic mass is 31.1. The van der Waals surface area contributed by atoms with Crippen molar-refractivity contribution >= 4 is 8.25 Å². The van der Waals surface area contributed by atoms with Gasteiger partial charge in [-0.1, -0.05) is 34.9 Å². The van der Waals surface area contributed by atoms with E-state index in [-0.39, 0.29) is 6.79 Å². The van der Waals surface area contributed by atoms with Gasteiger partial charge in [-0.05, 0) is 12.0 Å². The first-order valence-electron chi connectivity index (χ1n) is 5.27. The van der Waals surface area contributed by atoms with E-state index in [1.165, 1.54) is 0 Å². The minimum Gasteiger partial charge on any atom is -0.377 e. The Balaban J connectivity index is 1.90. The lowest BCUT2D eigenvalue weighted by atomic mass is 10.2. The van der Waals surface area contributed by atoms with Gasteiger partial charge in [-0.15, -0.1) is 4.89 Å². The molecule has 0 saturated heterocycles. The lowest BCUT2D eigenvalue weighted by Gasteiger charge is -2.04. The highest BCUT2D eigenvalue weighted by Crippen LogP contribution is 2.13. The average molecular weight is 259 g/mol. The van der Waals surface area contributed by atoms with E-state index in [1.54, 1.807) is 0 Å². The van der Waals surface area contributed by atoms with Crippen LogP contribution in [0.5, 0.6) is 0 Å². The molecule has 0 amide bonds. The van der Waals surface area contributed by atoms with Gasteiger partial charge in [-0.2, -0.15) is 0 Å². The minimum absolute atomic E-state index is 0.162. The molecule has 0 aliphatic carbocycles. The number of ether oxygens (including phenoxy) is 2. The van der Waals surface area contributed by atoms with Gasteiger partial charge in [0.15, 0.2) is 0 Å². The van der Waals surface area contributed by atoms with Crippen molar-refractivity contribution in [2.75, 3.05) is 20.0 Å². The van der Waals surface area contributed by atoms with Crippen molar-refractivity contribution in [3.8, 4) is 0 Å². The molecule has 0 fully saturated rings. The van der Waals surface area contributed by atoms with Crippen molar-refractivity contribution in [2.45, 2.75) is 13.0 Å². The van der Waals surface area contributed by atoms with Crippen LogP contribution in [-0.4, -0.2) is 24.9 Å². The van der Waals surface area contributed by atoms with Gasteiger partial charge >= 0.3 is 8.25 Å². The molecule has 5 nitrogen and oxygen atoms in total. The molecule has 0 aromatic heterocycles. The molecule has 0 radical (unpaired) electrons. The van der Waals surface area contributed by atoms with Crippen molar-refractivity contribution < 1.29 is 23.5 Å². The first-order valence-corrected chi connectivity index (χ1v) is 6.40. The predicted molar refractivity (Wildman–Crippen MR) is 62.4 cm³/mol. The first kappa shape index (κ1) is 14.2. The van der Waals surface area contributed by atoms with E-state index in [4.69, 9.17) is 14.4 Å². The molecule has 0 aliphatic heterocycles. The zero-order chi connectivity index (χ0) is 12.3. The first-order chi connectivity index (χ1) is 8.29. The molecule has 0 spiro atoms. The fourth-order valence-electron chi connectivity index (χ4n) is 1.17. The van der Waals surface area contributed by atoms with Gasteiger partial charge in [0, 0.05) is 11.2 Å². The Morgan fingerprint density at radius 2 is 1.82 bits per heavy atom. The molecular weight excluding hydrogens is 243 g/mol. The van der Waals surface area contributed by atoms with Crippen LogP contribution in [0.3, 0.4) is 0 Å². The minimum atomic E-state index is -2.56. The predicted octanol–water partition coefficient (Wildman–Crippen LogP) is 2.23. The maximum absolute atomic E-state index is 10.1. The molecule has 1 unspecified atom stereocenters. The molecule has 1 rings (SSSR count). The summed E-state index contributed by atoms with van der Waals surface area (Å²) in [4.78, 5) is 8.30. The van der Waals surface area contributed by atoms with Gasteiger partial charge in [0.25, 0.3) is 0 Å². The second-order valence-electron chi connectivity index (χ2n) is 3.28. The molecule has 1 atom stereocenters. The van der Waals surface area contributed by atoms with Crippen LogP contribution in [0.4, 0.5) is 0 Å². The van der Waals surface area contributed by atoms with E-state index >= 15 is 0 Å². The maximum atomic E-state index is 10.1. The van der Waals surface area contributed by atoms with Crippen LogP contribution >= 0.6 is 8.25 Å². The van der Waals surface area contributed by atoms with Gasteiger partial charge in [0.1, 0.15) is 0 Å². The van der Waals surface area contributed by atoms with Crippen LogP contribution in [-0.2, 0) is 25.2 Å². The van der Waals surface area contributed by atoms with E-state index in [0.29, 0.717) is 19.8 Å². The molecule has 1 aromatic carbocycles. The summed E-state index contributed by atoms with van der Waals surface area (Å²) in [6.07, 6.45) is 0.721. The fourth-order valence-corrected chi connectivity index (χ4v) is 1.33. The summed E-state index contributed by atoms with van der Waals surface area (Å²) >= 11 is 0. The summed E-state index contributed by atoms with van der Waals surface area (Å²) in [6, 6.07) is 9.90. The Morgan fingerprint density at radius 3 is 2.53 bits per heavy atom. The van der Waals surface area contributed by atoms with Gasteiger partial charge in [-0.3, -0.25) is 0 Å².